The number of rotatable bonds is 4. The molecule has 1 heterocycles. The van der Waals surface area contributed by atoms with E-state index in [1.165, 1.54) is 31.4 Å². The highest BCUT2D eigenvalue weighted by Crippen LogP contribution is 2.30. The maximum Gasteiger partial charge on any atom is 0.123 e. The molecule has 1 aromatic carbocycles. The molecule has 1 aromatic rings. The molecule has 3 heteroatoms. The van der Waals surface area contributed by atoms with E-state index in [-0.39, 0.29) is 5.82 Å². The van der Waals surface area contributed by atoms with Crippen LogP contribution in [0.5, 0.6) is 0 Å². The zero-order chi connectivity index (χ0) is 12.1. The molecular weight excluding hydrogens is 283 g/mol. The molecule has 94 valence electrons. The van der Waals surface area contributed by atoms with Gasteiger partial charge in [0, 0.05) is 11.4 Å². The predicted molar refractivity (Wildman–Crippen MR) is 70.9 cm³/mol. The highest BCUT2D eigenvalue weighted by Gasteiger charge is 2.16. The van der Waals surface area contributed by atoms with Crippen molar-refractivity contribution in [3.63, 3.8) is 0 Å². The summed E-state index contributed by atoms with van der Waals surface area (Å²) in [6.07, 6.45) is 6.21. The van der Waals surface area contributed by atoms with Crippen LogP contribution in [-0.4, -0.2) is 12.7 Å². The minimum absolute atomic E-state index is 0.177. The summed E-state index contributed by atoms with van der Waals surface area (Å²) in [4.78, 5) is 0.300. The third kappa shape index (κ3) is 4.07. The van der Waals surface area contributed by atoms with Gasteiger partial charge in [0.05, 0.1) is 6.10 Å². The van der Waals surface area contributed by atoms with Gasteiger partial charge in [0.25, 0.3) is 0 Å². The van der Waals surface area contributed by atoms with Crippen molar-refractivity contribution >= 4 is 15.9 Å². The number of hydrogen-bond donors (Lipinski definition) is 0. The molecule has 0 spiro atoms. The third-order valence-corrected chi connectivity index (χ3v) is 4.23. The Morgan fingerprint density at radius 2 is 2.06 bits per heavy atom. The predicted octanol–water partition coefficient (Wildman–Crippen LogP) is 4.61. The van der Waals surface area contributed by atoms with Crippen molar-refractivity contribution in [3.05, 3.63) is 35.6 Å². The second-order valence-electron chi connectivity index (χ2n) is 4.59. The molecule has 0 amide bonds. The Balaban J connectivity index is 1.80. The molecule has 1 aliphatic heterocycles. The number of halogens is 2. The van der Waals surface area contributed by atoms with Gasteiger partial charge in [0.1, 0.15) is 5.82 Å². The summed E-state index contributed by atoms with van der Waals surface area (Å²) in [5.41, 5.74) is 1.14. The van der Waals surface area contributed by atoms with E-state index < -0.39 is 0 Å². The van der Waals surface area contributed by atoms with Crippen molar-refractivity contribution in [2.75, 3.05) is 6.61 Å². The van der Waals surface area contributed by atoms with E-state index in [1.807, 2.05) is 12.1 Å². The fourth-order valence-corrected chi connectivity index (χ4v) is 2.78. The maximum atomic E-state index is 12.8. The van der Waals surface area contributed by atoms with Crippen LogP contribution in [0.1, 0.15) is 42.5 Å². The lowest BCUT2D eigenvalue weighted by molar-refractivity contribution is 0.0102. The van der Waals surface area contributed by atoms with Gasteiger partial charge in [-0.05, 0) is 49.8 Å². The van der Waals surface area contributed by atoms with Crippen LogP contribution in [0, 0.1) is 5.82 Å². The van der Waals surface area contributed by atoms with Crippen molar-refractivity contribution in [3.8, 4) is 0 Å². The molecular formula is C14H18BrFO. The smallest absolute Gasteiger partial charge is 0.123 e. The molecule has 0 aliphatic carbocycles. The molecule has 0 N–H and O–H groups in total. The molecule has 1 saturated heterocycles. The van der Waals surface area contributed by atoms with Gasteiger partial charge in [-0.25, -0.2) is 4.39 Å². The van der Waals surface area contributed by atoms with Crippen LogP contribution < -0.4 is 0 Å². The second kappa shape index (κ2) is 6.50. The number of hydrogen-bond acceptors (Lipinski definition) is 1. The number of ether oxygens (including phenoxy) is 1. The zero-order valence-electron chi connectivity index (χ0n) is 9.87. The van der Waals surface area contributed by atoms with Gasteiger partial charge in [0.15, 0.2) is 0 Å². The summed E-state index contributed by atoms with van der Waals surface area (Å²) in [5, 5.41) is 0. The molecule has 17 heavy (non-hydrogen) atoms. The van der Waals surface area contributed by atoms with Gasteiger partial charge in [-0.1, -0.05) is 28.1 Å². The fourth-order valence-electron chi connectivity index (χ4n) is 2.21. The molecule has 2 atom stereocenters. The Morgan fingerprint density at radius 3 is 2.71 bits per heavy atom. The highest BCUT2D eigenvalue weighted by molar-refractivity contribution is 9.09. The largest absolute Gasteiger partial charge is 0.378 e. The second-order valence-corrected chi connectivity index (χ2v) is 5.69. The molecule has 2 unspecified atom stereocenters. The standard InChI is InChI=1S/C14H18BrFO/c15-14(11-4-6-12(16)7-5-11)9-8-13-3-1-2-10-17-13/h4-7,13-14H,1-3,8-10H2. The average molecular weight is 301 g/mol. The Kier molecular flexibility index (Phi) is 4.99. The van der Waals surface area contributed by atoms with Crippen LogP contribution in [0.15, 0.2) is 24.3 Å². The van der Waals surface area contributed by atoms with Crippen LogP contribution in [0.3, 0.4) is 0 Å². The Bertz CT molecular complexity index is 333. The van der Waals surface area contributed by atoms with E-state index in [9.17, 15) is 4.39 Å². The zero-order valence-corrected chi connectivity index (χ0v) is 11.5. The molecule has 0 bridgehead atoms. The lowest BCUT2D eigenvalue weighted by Crippen LogP contribution is -2.19. The molecule has 0 radical (unpaired) electrons. The first-order chi connectivity index (χ1) is 8.25. The van der Waals surface area contributed by atoms with Crippen LogP contribution in [-0.2, 0) is 4.74 Å². The molecule has 1 fully saturated rings. The van der Waals surface area contributed by atoms with E-state index >= 15 is 0 Å². The van der Waals surface area contributed by atoms with Gasteiger partial charge in [-0.3, -0.25) is 0 Å². The highest BCUT2D eigenvalue weighted by atomic mass is 79.9. The quantitative estimate of drug-likeness (QED) is 0.738. The van der Waals surface area contributed by atoms with Crippen LogP contribution in [0.4, 0.5) is 4.39 Å². The van der Waals surface area contributed by atoms with Crippen molar-refractivity contribution in [1.29, 1.82) is 0 Å². The van der Waals surface area contributed by atoms with Crippen molar-refractivity contribution in [2.24, 2.45) is 0 Å². The average Bonchev–Trinajstić information content (AvgIpc) is 2.38. The monoisotopic (exact) mass is 300 g/mol. The van der Waals surface area contributed by atoms with E-state index in [2.05, 4.69) is 15.9 Å². The normalized spacial score (nSPS) is 22.4. The lowest BCUT2D eigenvalue weighted by Gasteiger charge is -2.23. The minimum atomic E-state index is -0.177. The molecule has 0 saturated carbocycles. The van der Waals surface area contributed by atoms with Gasteiger partial charge in [-0.2, -0.15) is 0 Å². The van der Waals surface area contributed by atoms with Gasteiger partial charge >= 0.3 is 0 Å². The Morgan fingerprint density at radius 1 is 1.29 bits per heavy atom. The third-order valence-electron chi connectivity index (χ3n) is 3.25. The summed E-state index contributed by atoms with van der Waals surface area (Å²) in [6.45, 7) is 0.911. The first-order valence-electron chi connectivity index (χ1n) is 6.27. The van der Waals surface area contributed by atoms with E-state index in [0.29, 0.717) is 10.9 Å². The Labute approximate surface area is 110 Å². The van der Waals surface area contributed by atoms with Crippen molar-refractivity contribution < 1.29 is 9.13 Å². The fraction of sp³-hybridized carbons (Fsp3) is 0.571. The number of alkyl halides is 1. The van der Waals surface area contributed by atoms with E-state index in [1.54, 1.807) is 0 Å². The lowest BCUT2D eigenvalue weighted by atomic mass is 10.0. The summed E-state index contributed by atoms with van der Waals surface area (Å²) in [5.74, 6) is -0.177. The van der Waals surface area contributed by atoms with E-state index in [4.69, 9.17) is 4.74 Å². The van der Waals surface area contributed by atoms with Crippen molar-refractivity contribution in [1.82, 2.24) is 0 Å². The van der Waals surface area contributed by atoms with Crippen LogP contribution in [0.2, 0.25) is 0 Å². The maximum absolute atomic E-state index is 12.8. The van der Waals surface area contributed by atoms with E-state index in [0.717, 1.165) is 25.0 Å². The summed E-state index contributed by atoms with van der Waals surface area (Å²) in [6, 6.07) is 6.72. The Hall–Kier alpha value is -0.410. The minimum Gasteiger partial charge on any atom is -0.378 e. The first kappa shape index (κ1) is 13.0. The van der Waals surface area contributed by atoms with Gasteiger partial charge in [0.2, 0.25) is 0 Å². The first-order valence-corrected chi connectivity index (χ1v) is 7.18. The summed E-state index contributed by atoms with van der Waals surface area (Å²) < 4.78 is 18.5. The molecule has 0 aromatic heterocycles. The van der Waals surface area contributed by atoms with Gasteiger partial charge < -0.3 is 4.74 Å². The molecule has 2 rings (SSSR count). The molecule has 1 aliphatic rings. The summed E-state index contributed by atoms with van der Waals surface area (Å²) >= 11 is 3.66. The van der Waals surface area contributed by atoms with Crippen molar-refractivity contribution in [2.45, 2.75) is 43.0 Å². The SMILES string of the molecule is Fc1ccc(C(Br)CCC2CCCCO2)cc1. The summed E-state index contributed by atoms with van der Waals surface area (Å²) in [7, 11) is 0. The topological polar surface area (TPSA) is 9.23 Å². The molecule has 1 nitrogen and oxygen atoms in total. The van der Waals surface area contributed by atoms with Gasteiger partial charge in [-0.15, -0.1) is 0 Å². The van der Waals surface area contributed by atoms with Crippen LogP contribution >= 0.6 is 15.9 Å². The van der Waals surface area contributed by atoms with Crippen LogP contribution in [0.25, 0.3) is 0 Å². The number of benzene rings is 1.